The molecule has 0 aromatic heterocycles. The van der Waals surface area contributed by atoms with E-state index in [2.05, 4.69) is 0 Å². The van der Waals surface area contributed by atoms with E-state index in [9.17, 15) is 12.9 Å². The molecule has 0 aliphatic rings. The molecule has 0 radical (unpaired) electrons. The van der Waals surface area contributed by atoms with Crippen LogP contribution in [0.4, 0.5) is 12.9 Å². The first kappa shape index (κ1) is 19.4. The average molecular weight is 359 g/mol. The molecule has 0 heterocycles. The molecule has 0 amide bonds. The molecule has 2 rings (SSSR count). The molecule has 1 nitrogen and oxygen atoms in total. The van der Waals surface area contributed by atoms with Gasteiger partial charge in [0.05, 0.1) is 10.0 Å². The van der Waals surface area contributed by atoms with Crippen molar-refractivity contribution in [3.63, 3.8) is 0 Å². The quantitative estimate of drug-likeness (QED) is 0.755. The van der Waals surface area contributed by atoms with E-state index >= 15 is 0 Å². The Morgan fingerprint density at radius 2 is 1.52 bits per heavy atom. The summed E-state index contributed by atoms with van der Waals surface area (Å²) in [7, 11) is 0. The molecule has 106 valence electrons. The fraction of sp³-hybridized carbons (Fsp3) is 0.0769. The minimum Gasteiger partial charge on any atom is -0.489 e. The number of hydrogen-bond donors (Lipinski definition) is 0. The Bertz CT molecular complexity index is 605. The summed E-state index contributed by atoms with van der Waals surface area (Å²) in [5.41, 5.74) is 0.135. The number of halogens is 5. The molecule has 2 aromatic rings. The van der Waals surface area contributed by atoms with Crippen molar-refractivity contribution in [1.29, 1.82) is 0 Å². The van der Waals surface area contributed by atoms with E-state index in [1.165, 1.54) is 12.1 Å². The van der Waals surface area contributed by atoms with Gasteiger partial charge in [0.2, 0.25) is 0 Å². The van der Waals surface area contributed by atoms with E-state index in [1.54, 1.807) is 18.2 Å². The third-order valence-corrected chi connectivity index (χ3v) is 3.39. The summed E-state index contributed by atoms with van der Waals surface area (Å²) >= 11 is 11.6. The van der Waals surface area contributed by atoms with Gasteiger partial charge in [-0.05, 0) is 29.8 Å². The second-order valence-corrected chi connectivity index (χ2v) is 5.00. The second-order valence-electron chi connectivity index (χ2n) is 4.18. The van der Waals surface area contributed by atoms with Crippen LogP contribution in [0, 0.1) is 0 Å². The normalized spacial score (nSPS) is 10.9. The number of hydrogen-bond acceptors (Lipinski definition) is 1. The molecular formula is C13H9BCl2F3KO. The van der Waals surface area contributed by atoms with Gasteiger partial charge in [0.1, 0.15) is 12.4 Å². The minimum atomic E-state index is -4.97. The maximum Gasteiger partial charge on any atom is 1.00 e. The van der Waals surface area contributed by atoms with Crippen molar-refractivity contribution in [2.45, 2.75) is 6.61 Å². The van der Waals surface area contributed by atoms with Crippen LogP contribution >= 0.6 is 23.2 Å². The SMILES string of the molecule is F[B-](F)(F)c1ccc(OCc2ccc(Cl)c(Cl)c2)cc1.[K+]. The predicted molar refractivity (Wildman–Crippen MR) is 75.9 cm³/mol. The van der Waals surface area contributed by atoms with Gasteiger partial charge in [-0.3, -0.25) is 0 Å². The van der Waals surface area contributed by atoms with Crippen molar-refractivity contribution in [1.82, 2.24) is 0 Å². The van der Waals surface area contributed by atoms with E-state index in [-0.39, 0.29) is 58.0 Å². The number of rotatable bonds is 4. The third kappa shape index (κ3) is 5.78. The summed E-state index contributed by atoms with van der Waals surface area (Å²) < 4.78 is 42.7. The number of ether oxygens (including phenoxy) is 1. The summed E-state index contributed by atoms with van der Waals surface area (Å²) in [6.45, 7) is -4.77. The molecule has 8 heteroatoms. The van der Waals surface area contributed by atoms with Crippen LogP contribution < -0.4 is 61.6 Å². The van der Waals surface area contributed by atoms with Crippen molar-refractivity contribution in [3.05, 3.63) is 58.1 Å². The van der Waals surface area contributed by atoms with Gasteiger partial charge in [-0.2, -0.15) is 0 Å². The molecule has 21 heavy (non-hydrogen) atoms. The molecule has 0 aliphatic heterocycles. The van der Waals surface area contributed by atoms with Gasteiger partial charge in [-0.15, -0.1) is 5.46 Å². The van der Waals surface area contributed by atoms with Crippen LogP contribution in [0.2, 0.25) is 10.0 Å². The topological polar surface area (TPSA) is 9.23 Å². The first-order valence-electron chi connectivity index (χ1n) is 5.73. The van der Waals surface area contributed by atoms with Crippen molar-refractivity contribution in [2.24, 2.45) is 0 Å². The third-order valence-electron chi connectivity index (χ3n) is 2.65. The van der Waals surface area contributed by atoms with Gasteiger partial charge < -0.3 is 17.7 Å². The Morgan fingerprint density at radius 3 is 2.05 bits per heavy atom. The predicted octanol–water partition coefficient (Wildman–Crippen LogP) is 1.63. The zero-order valence-electron chi connectivity index (χ0n) is 11.1. The summed E-state index contributed by atoms with van der Waals surface area (Å²) in [4.78, 5) is 0. The van der Waals surface area contributed by atoms with Gasteiger partial charge in [0, 0.05) is 0 Å². The molecule has 0 N–H and O–H groups in total. The molecular weight excluding hydrogens is 350 g/mol. The monoisotopic (exact) mass is 358 g/mol. The van der Waals surface area contributed by atoms with Crippen LogP contribution in [-0.2, 0) is 6.61 Å². The van der Waals surface area contributed by atoms with E-state index in [4.69, 9.17) is 27.9 Å². The van der Waals surface area contributed by atoms with E-state index in [1.807, 2.05) is 0 Å². The van der Waals surface area contributed by atoms with Crippen LogP contribution in [0.15, 0.2) is 42.5 Å². The molecule has 0 unspecified atom stereocenters. The van der Waals surface area contributed by atoms with Gasteiger partial charge in [0.15, 0.2) is 0 Å². The van der Waals surface area contributed by atoms with Crippen LogP contribution in [0.5, 0.6) is 5.75 Å². The Balaban J connectivity index is 0.00000220. The second kappa shape index (κ2) is 8.24. The fourth-order valence-electron chi connectivity index (χ4n) is 1.58. The van der Waals surface area contributed by atoms with Crippen molar-refractivity contribution in [3.8, 4) is 5.75 Å². The Morgan fingerprint density at radius 1 is 0.905 bits per heavy atom. The fourth-order valence-corrected chi connectivity index (χ4v) is 1.90. The molecule has 0 saturated heterocycles. The molecule has 0 fully saturated rings. The molecule has 0 spiro atoms. The standard InChI is InChI=1S/C13H9BCl2F3O.K/c15-12-6-1-9(7-13(12)16)8-20-11-4-2-10(3-5-11)14(17,18)19;/h1-7H,8H2;/q-1;+1. The molecule has 0 saturated carbocycles. The minimum absolute atomic E-state index is 0. The molecule has 0 bridgehead atoms. The van der Waals surface area contributed by atoms with Crippen LogP contribution in [0.25, 0.3) is 0 Å². The van der Waals surface area contributed by atoms with Gasteiger partial charge in [0.25, 0.3) is 0 Å². The number of benzene rings is 2. The van der Waals surface area contributed by atoms with E-state index < -0.39 is 12.4 Å². The zero-order chi connectivity index (χ0) is 14.8. The average Bonchev–Trinajstić information content (AvgIpc) is 2.40. The summed E-state index contributed by atoms with van der Waals surface area (Å²) in [6.07, 6.45) is 0. The smallest absolute Gasteiger partial charge is 0.489 e. The summed E-state index contributed by atoms with van der Waals surface area (Å²) in [5.74, 6) is 0.361. The zero-order valence-corrected chi connectivity index (χ0v) is 15.8. The Hall–Kier alpha value is 0.311. The Labute approximate surface area is 173 Å². The maximum atomic E-state index is 12.4. The van der Waals surface area contributed by atoms with Crippen LogP contribution in [0.3, 0.4) is 0 Å². The van der Waals surface area contributed by atoms with Crippen molar-refractivity contribution >= 4 is 35.6 Å². The first-order chi connectivity index (χ1) is 9.36. The summed E-state index contributed by atoms with van der Waals surface area (Å²) in [6, 6.07) is 9.62. The van der Waals surface area contributed by atoms with Gasteiger partial charge in [-0.25, -0.2) is 0 Å². The molecule has 0 aliphatic carbocycles. The largest absolute Gasteiger partial charge is 1.00 e. The van der Waals surface area contributed by atoms with E-state index in [0.717, 1.165) is 17.7 Å². The Kier molecular flexibility index (Phi) is 7.60. The summed E-state index contributed by atoms with van der Waals surface area (Å²) in [5, 5.41) is 0.843. The maximum absolute atomic E-state index is 12.4. The van der Waals surface area contributed by atoms with Crippen molar-refractivity contribution in [2.75, 3.05) is 0 Å². The van der Waals surface area contributed by atoms with Crippen LogP contribution in [0.1, 0.15) is 5.56 Å². The van der Waals surface area contributed by atoms with Crippen LogP contribution in [-0.4, -0.2) is 6.98 Å². The van der Waals surface area contributed by atoms with Crippen molar-refractivity contribution < 1.29 is 69.1 Å². The van der Waals surface area contributed by atoms with E-state index in [0.29, 0.717) is 15.8 Å². The van der Waals surface area contributed by atoms with Gasteiger partial charge in [-0.1, -0.05) is 41.4 Å². The first-order valence-corrected chi connectivity index (χ1v) is 6.48. The van der Waals surface area contributed by atoms with Gasteiger partial charge >= 0.3 is 58.4 Å². The molecule has 2 aromatic carbocycles. The molecule has 0 atom stereocenters.